The first-order valence-corrected chi connectivity index (χ1v) is 6.18. The molecule has 0 saturated carbocycles. The van der Waals surface area contributed by atoms with Crippen LogP contribution in [0.25, 0.3) is 5.82 Å². The summed E-state index contributed by atoms with van der Waals surface area (Å²) in [7, 11) is -0.941. The van der Waals surface area contributed by atoms with Gasteiger partial charge in [-0.25, -0.2) is 9.97 Å². The molecule has 0 bridgehead atoms. The van der Waals surface area contributed by atoms with Crippen LogP contribution in [0.2, 0.25) is 0 Å². The predicted octanol–water partition coefficient (Wildman–Crippen LogP) is 0.961. The molecule has 7 heteroatoms. The molecule has 0 N–H and O–H groups in total. The second-order valence-corrected chi connectivity index (χ2v) is 5.52. The number of hydrogen-bond acceptors (Lipinski definition) is 5. The van der Waals surface area contributed by atoms with Crippen molar-refractivity contribution in [3.8, 4) is 5.82 Å². The van der Waals surface area contributed by atoms with Crippen LogP contribution in [0, 0.1) is 0 Å². The topological polar surface area (TPSA) is 62.1 Å². The molecule has 0 atom stereocenters. The minimum atomic E-state index is -0.941. The molecule has 1 aliphatic rings. The van der Waals surface area contributed by atoms with Crippen molar-refractivity contribution in [2.75, 3.05) is 0 Å². The van der Waals surface area contributed by atoms with Crippen LogP contribution in [-0.2, 0) is 9.31 Å². The third kappa shape index (κ3) is 2.12. The molecule has 3 heterocycles. The standard InChI is InChI=1S/C13H17BN4O2/c1-12(2)13(3,4)20-14(19-12)10-7-17-11(8-16-10)18-6-5-15-9-18/h5-9H,1-4H3/i5D,6D,7D,8D,9D. The molecule has 1 aliphatic heterocycles. The molecular formula is C13H17BN4O2. The van der Waals surface area contributed by atoms with E-state index in [1.807, 2.05) is 27.7 Å². The summed E-state index contributed by atoms with van der Waals surface area (Å²) in [5.41, 5.74) is -1.20. The van der Waals surface area contributed by atoms with Crippen LogP contribution in [-0.4, -0.2) is 37.8 Å². The summed E-state index contributed by atoms with van der Waals surface area (Å²) in [4.78, 5) is 11.6. The lowest BCUT2D eigenvalue weighted by Crippen LogP contribution is -2.41. The quantitative estimate of drug-likeness (QED) is 0.765. The van der Waals surface area contributed by atoms with Gasteiger partial charge in [-0.05, 0) is 27.7 Å². The van der Waals surface area contributed by atoms with Gasteiger partial charge in [0.1, 0.15) is 7.67 Å². The maximum atomic E-state index is 8.11. The van der Waals surface area contributed by atoms with Crippen molar-refractivity contribution in [1.29, 1.82) is 0 Å². The smallest absolute Gasteiger partial charge is 0.398 e. The molecule has 0 radical (unpaired) electrons. The van der Waals surface area contributed by atoms with Gasteiger partial charge in [0.25, 0.3) is 0 Å². The molecule has 20 heavy (non-hydrogen) atoms. The Morgan fingerprint density at radius 3 is 2.45 bits per heavy atom. The summed E-state index contributed by atoms with van der Waals surface area (Å²) < 4.78 is 51.7. The molecule has 104 valence electrons. The fourth-order valence-corrected chi connectivity index (χ4v) is 1.71. The van der Waals surface area contributed by atoms with Crippen LogP contribution in [0.4, 0.5) is 0 Å². The van der Waals surface area contributed by atoms with Crippen LogP contribution in [0.1, 0.15) is 34.5 Å². The second-order valence-electron chi connectivity index (χ2n) is 5.52. The van der Waals surface area contributed by atoms with E-state index in [1.54, 1.807) is 0 Å². The predicted molar refractivity (Wildman–Crippen MR) is 74.9 cm³/mol. The average molecular weight is 277 g/mol. The summed E-state index contributed by atoms with van der Waals surface area (Å²) in [5.74, 6) is -0.203. The largest absolute Gasteiger partial charge is 0.516 e. The highest BCUT2D eigenvalue weighted by molar-refractivity contribution is 6.61. The second kappa shape index (κ2) is 4.39. The molecule has 0 unspecified atom stereocenters. The minimum absolute atomic E-state index is 0.0525. The van der Waals surface area contributed by atoms with Gasteiger partial charge in [-0.2, -0.15) is 0 Å². The van der Waals surface area contributed by atoms with E-state index in [1.165, 1.54) is 0 Å². The SMILES string of the molecule is [2H]c1nc(-n2c([2H])nc([2H])c2[2H])c([2H])nc1B1OC(C)(C)C(C)(C)O1. The Balaban J connectivity index is 2.05. The van der Waals surface area contributed by atoms with Gasteiger partial charge in [0.2, 0.25) is 0 Å². The van der Waals surface area contributed by atoms with Crippen LogP contribution < -0.4 is 5.59 Å². The zero-order chi connectivity index (χ0) is 18.7. The van der Waals surface area contributed by atoms with Gasteiger partial charge in [0, 0.05) is 18.5 Å². The van der Waals surface area contributed by atoms with Crippen LogP contribution in [0.15, 0.2) is 31.0 Å². The Morgan fingerprint density at radius 2 is 1.85 bits per heavy atom. The molecule has 0 aromatic carbocycles. The van der Waals surface area contributed by atoms with Crippen molar-refractivity contribution in [2.24, 2.45) is 0 Å². The molecule has 1 saturated heterocycles. The zero-order valence-electron chi connectivity index (χ0n) is 16.7. The lowest BCUT2D eigenvalue weighted by molar-refractivity contribution is 0.00578. The lowest BCUT2D eigenvalue weighted by atomic mass is 9.85. The van der Waals surface area contributed by atoms with Gasteiger partial charge in [-0.1, -0.05) is 0 Å². The molecule has 6 nitrogen and oxygen atoms in total. The van der Waals surface area contributed by atoms with Crippen molar-refractivity contribution < 1.29 is 16.2 Å². The molecule has 0 spiro atoms. The molecule has 1 fully saturated rings. The Morgan fingerprint density at radius 1 is 1.15 bits per heavy atom. The monoisotopic (exact) mass is 277 g/mol. The molecule has 2 aromatic heterocycles. The van der Waals surface area contributed by atoms with Crippen molar-refractivity contribution in [3.05, 3.63) is 31.0 Å². The molecule has 2 aromatic rings. The first-order valence-electron chi connectivity index (χ1n) is 8.68. The number of rotatable bonds is 2. The summed E-state index contributed by atoms with van der Waals surface area (Å²) in [6.45, 7) is 7.44. The first-order chi connectivity index (χ1) is 11.4. The molecule has 0 amide bonds. The zero-order valence-corrected chi connectivity index (χ0v) is 11.7. The first kappa shape index (κ1) is 8.54. The van der Waals surface area contributed by atoms with E-state index < -0.39 is 37.0 Å². The Kier molecular flexibility index (Phi) is 1.88. The third-order valence-electron chi connectivity index (χ3n) is 3.61. The summed E-state index contributed by atoms with van der Waals surface area (Å²) in [5, 5.41) is 0. The Labute approximate surface area is 125 Å². The van der Waals surface area contributed by atoms with Gasteiger partial charge in [0.15, 0.2) is 5.82 Å². The van der Waals surface area contributed by atoms with Crippen molar-refractivity contribution >= 4 is 12.7 Å². The van der Waals surface area contributed by atoms with E-state index in [0.29, 0.717) is 0 Å². The van der Waals surface area contributed by atoms with Crippen molar-refractivity contribution in [2.45, 2.75) is 38.9 Å². The molecule has 0 aliphatic carbocycles. The van der Waals surface area contributed by atoms with E-state index >= 15 is 0 Å². The Hall–Kier alpha value is -1.73. The fourth-order valence-electron chi connectivity index (χ4n) is 1.71. The number of imidazole rings is 1. The van der Waals surface area contributed by atoms with E-state index in [9.17, 15) is 0 Å². The number of aromatic nitrogens is 4. The summed E-state index contributed by atoms with van der Waals surface area (Å²) >= 11 is 0. The minimum Gasteiger partial charge on any atom is -0.398 e. The van der Waals surface area contributed by atoms with Crippen LogP contribution in [0.3, 0.4) is 0 Å². The van der Waals surface area contributed by atoms with Crippen molar-refractivity contribution in [1.82, 2.24) is 19.5 Å². The molecule has 3 rings (SSSR count). The van der Waals surface area contributed by atoms with Gasteiger partial charge >= 0.3 is 7.12 Å². The Bertz CT molecular complexity index is 841. The highest BCUT2D eigenvalue weighted by atomic mass is 16.7. The molecular weight excluding hydrogens is 255 g/mol. The maximum Gasteiger partial charge on any atom is 0.516 e. The number of hydrogen-bond donors (Lipinski definition) is 0. The summed E-state index contributed by atoms with van der Waals surface area (Å²) in [6, 6.07) is 0. The van der Waals surface area contributed by atoms with Gasteiger partial charge in [-0.15, -0.1) is 0 Å². The highest BCUT2D eigenvalue weighted by Gasteiger charge is 2.52. The van der Waals surface area contributed by atoms with E-state index in [0.717, 1.165) is 4.57 Å². The maximum absolute atomic E-state index is 8.11. The van der Waals surface area contributed by atoms with Gasteiger partial charge in [-0.3, -0.25) is 9.55 Å². The lowest BCUT2D eigenvalue weighted by Gasteiger charge is -2.32. The highest BCUT2D eigenvalue weighted by Crippen LogP contribution is 2.36. The van der Waals surface area contributed by atoms with E-state index in [2.05, 4.69) is 15.0 Å². The van der Waals surface area contributed by atoms with Crippen molar-refractivity contribution in [3.63, 3.8) is 0 Å². The third-order valence-corrected chi connectivity index (χ3v) is 3.61. The van der Waals surface area contributed by atoms with Gasteiger partial charge < -0.3 is 9.31 Å². The van der Waals surface area contributed by atoms with Crippen LogP contribution >= 0.6 is 0 Å². The van der Waals surface area contributed by atoms with Crippen LogP contribution in [0.5, 0.6) is 0 Å². The summed E-state index contributed by atoms with van der Waals surface area (Å²) in [6.07, 6.45) is -1.87. The average Bonchev–Trinajstić information content (AvgIpc) is 2.85. The fraction of sp³-hybridized carbons (Fsp3) is 0.462. The normalized spacial score (nSPS) is 23.8. The van der Waals surface area contributed by atoms with E-state index in [4.69, 9.17) is 16.2 Å². The van der Waals surface area contributed by atoms with E-state index in [-0.39, 0.29) is 23.8 Å². The number of nitrogens with zero attached hydrogens (tertiary/aromatic N) is 4. The van der Waals surface area contributed by atoms with Gasteiger partial charge in [0.05, 0.1) is 28.5 Å².